The lowest BCUT2D eigenvalue weighted by atomic mass is 10.1. The van der Waals surface area contributed by atoms with Crippen LogP contribution in [0.4, 0.5) is 0 Å². The van der Waals surface area contributed by atoms with Crippen molar-refractivity contribution >= 4 is 22.5 Å². The molecule has 0 aliphatic heterocycles. The molecule has 0 aliphatic rings. The molecule has 1 aromatic heterocycles. The Bertz CT molecular complexity index is 502. The van der Waals surface area contributed by atoms with E-state index in [-0.39, 0.29) is 6.10 Å². The van der Waals surface area contributed by atoms with Crippen molar-refractivity contribution < 1.29 is 5.11 Å². The van der Waals surface area contributed by atoms with E-state index in [0.717, 1.165) is 28.0 Å². The van der Waals surface area contributed by atoms with Gasteiger partial charge < -0.3 is 9.67 Å². The van der Waals surface area contributed by atoms with Crippen LogP contribution in [0, 0.1) is 0 Å². The molecule has 0 spiro atoms. The summed E-state index contributed by atoms with van der Waals surface area (Å²) < 4.78 is 2.17. The highest BCUT2D eigenvalue weighted by atomic mass is 35.5. The molecule has 1 heterocycles. The van der Waals surface area contributed by atoms with Crippen LogP contribution in [0.3, 0.4) is 0 Å². The summed E-state index contributed by atoms with van der Waals surface area (Å²) in [5, 5.41) is 11.3. The first kappa shape index (κ1) is 11.5. The molecule has 1 N–H and O–H groups in total. The zero-order chi connectivity index (χ0) is 11.7. The van der Waals surface area contributed by atoms with Crippen LogP contribution in [0.5, 0.6) is 0 Å². The molecular weight excluding hydrogens is 222 g/mol. The Labute approximate surface area is 100 Å². The molecule has 1 unspecified atom stereocenters. The lowest BCUT2D eigenvalue weighted by molar-refractivity contribution is 0.196. The zero-order valence-corrected chi connectivity index (χ0v) is 10.3. The van der Waals surface area contributed by atoms with E-state index in [1.165, 1.54) is 0 Å². The van der Waals surface area contributed by atoms with E-state index >= 15 is 0 Å². The SMILES string of the molecule is CCn1cc(CC(C)O)c2c(Cl)cccc21. The molecule has 2 nitrogen and oxygen atoms in total. The number of aryl methyl sites for hydroxylation is 1. The Morgan fingerprint density at radius 2 is 2.19 bits per heavy atom. The molecule has 2 rings (SSSR count). The van der Waals surface area contributed by atoms with E-state index in [2.05, 4.69) is 23.8 Å². The van der Waals surface area contributed by atoms with Crippen LogP contribution in [0.1, 0.15) is 19.4 Å². The lowest BCUT2D eigenvalue weighted by Crippen LogP contribution is -2.03. The smallest absolute Gasteiger partial charge is 0.0553 e. The number of halogens is 1. The monoisotopic (exact) mass is 237 g/mol. The molecule has 16 heavy (non-hydrogen) atoms. The molecule has 1 atom stereocenters. The second-order valence-corrected chi connectivity index (χ2v) is 4.53. The number of aliphatic hydroxyl groups is 1. The van der Waals surface area contributed by atoms with Crippen molar-refractivity contribution in [1.29, 1.82) is 0 Å². The summed E-state index contributed by atoms with van der Waals surface area (Å²) >= 11 is 6.22. The average molecular weight is 238 g/mol. The van der Waals surface area contributed by atoms with Gasteiger partial charge in [0.1, 0.15) is 0 Å². The van der Waals surface area contributed by atoms with Crippen molar-refractivity contribution in [3.63, 3.8) is 0 Å². The van der Waals surface area contributed by atoms with E-state index in [0.29, 0.717) is 6.42 Å². The molecule has 2 aromatic rings. The van der Waals surface area contributed by atoms with Gasteiger partial charge in [0.15, 0.2) is 0 Å². The summed E-state index contributed by atoms with van der Waals surface area (Å²) in [7, 11) is 0. The standard InChI is InChI=1S/C13H16ClNO/c1-3-15-8-10(7-9(2)16)13-11(14)5-4-6-12(13)15/h4-6,8-9,16H,3,7H2,1-2H3. The number of rotatable bonds is 3. The fraction of sp³-hybridized carbons (Fsp3) is 0.385. The van der Waals surface area contributed by atoms with Crippen LogP contribution in [-0.2, 0) is 13.0 Å². The van der Waals surface area contributed by atoms with Gasteiger partial charge in [-0.05, 0) is 31.5 Å². The second kappa shape index (κ2) is 4.48. The average Bonchev–Trinajstić information content (AvgIpc) is 2.57. The minimum Gasteiger partial charge on any atom is -0.393 e. The van der Waals surface area contributed by atoms with Gasteiger partial charge in [-0.3, -0.25) is 0 Å². The van der Waals surface area contributed by atoms with E-state index < -0.39 is 0 Å². The summed E-state index contributed by atoms with van der Waals surface area (Å²) in [6, 6.07) is 5.93. The molecule has 0 aliphatic carbocycles. The first-order valence-electron chi connectivity index (χ1n) is 5.57. The van der Waals surface area contributed by atoms with E-state index in [1.54, 1.807) is 6.92 Å². The molecule has 0 radical (unpaired) electrons. The highest BCUT2D eigenvalue weighted by Crippen LogP contribution is 2.29. The van der Waals surface area contributed by atoms with Crippen LogP contribution >= 0.6 is 11.6 Å². The van der Waals surface area contributed by atoms with E-state index in [4.69, 9.17) is 11.6 Å². The zero-order valence-electron chi connectivity index (χ0n) is 9.57. The highest BCUT2D eigenvalue weighted by molar-refractivity contribution is 6.35. The minimum absolute atomic E-state index is 0.341. The summed E-state index contributed by atoms with van der Waals surface area (Å²) in [4.78, 5) is 0. The van der Waals surface area contributed by atoms with Crippen LogP contribution in [0.25, 0.3) is 10.9 Å². The number of hydrogen-bond donors (Lipinski definition) is 1. The Morgan fingerprint density at radius 1 is 1.44 bits per heavy atom. The normalized spacial score (nSPS) is 13.2. The van der Waals surface area contributed by atoms with Crippen LogP contribution in [-0.4, -0.2) is 15.8 Å². The fourth-order valence-corrected chi connectivity index (χ4v) is 2.42. The molecule has 1 aromatic carbocycles. The van der Waals surface area contributed by atoms with Gasteiger partial charge in [-0.2, -0.15) is 0 Å². The van der Waals surface area contributed by atoms with E-state index in [1.807, 2.05) is 12.1 Å². The van der Waals surface area contributed by atoms with Crippen molar-refractivity contribution in [2.24, 2.45) is 0 Å². The summed E-state index contributed by atoms with van der Waals surface area (Å²) in [5.74, 6) is 0. The van der Waals surface area contributed by atoms with Gasteiger partial charge in [-0.25, -0.2) is 0 Å². The highest BCUT2D eigenvalue weighted by Gasteiger charge is 2.12. The third kappa shape index (κ3) is 1.95. The number of nitrogens with zero attached hydrogens (tertiary/aromatic N) is 1. The van der Waals surface area contributed by atoms with Crippen LogP contribution in [0.2, 0.25) is 5.02 Å². The maximum Gasteiger partial charge on any atom is 0.0553 e. The summed E-state index contributed by atoms with van der Waals surface area (Å²) in [5.41, 5.74) is 2.27. The van der Waals surface area contributed by atoms with Crippen molar-refractivity contribution in [1.82, 2.24) is 4.57 Å². The van der Waals surface area contributed by atoms with Gasteiger partial charge in [0.2, 0.25) is 0 Å². The third-order valence-corrected chi connectivity index (χ3v) is 3.10. The van der Waals surface area contributed by atoms with Crippen molar-refractivity contribution in [3.8, 4) is 0 Å². The van der Waals surface area contributed by atoms with Gasteiger partial charge in [-0.15, -0.1) is 0 Å². The van der Waals surface area contributed by atoms with Crippen molar-refractivity contribution in [2.45, 2.75) is 32.9 Å². The van der Waals surface area contributed by atoms with Crippen molar-refractivity contribution in [2.75, 3.05) is 0 Å². The quantitative estimate of drug-likeness (QED) is 0.871. The number of fused-ring (bicyclic) bond motifs is 1. The van der Waals surface area contributed by atoms with Crippen molar-refractivity contribution in [3.05, 3.63) is 35.0 Å². The molecule has 0 fully saturated rings. The van der Waals surface area contributed by atoms with Crippen LogP contribution < -0.4 is 0 Å². The van der Waals surface area contributed by atoms with Gasteiger partial charge in [-0.1, -0.05) is 17.7 Å². The predicted molar refractivity (Wildman–Crippen MR) is 68.0 cm³/mol. The molecular formula is C13H16ClNO. The van der Waals surface area contributed by atoms with Gasteiger partial charge in [0, 0.05) is 30.1 Å². The first-order chi connectivity index (χ1) is 7.63. The van der Waals surface area contributed by atoms with Gasteiger partial charge >= 0.3 is 0 Å². The summed E-state index contributed by atoms with van der Waals surface area (Å²) in [6.07, 6.45) is 2.39. The Morgan fingerprint density at radius 3 is 2.81 bits per heavy atom. The van der Waals surface area contributed by atoms with Gasteiger partial charge in [0.25, 0.3) is 0 Å². The fourth-order valence-electron chi connectivity index (χ4n) is 2.13. The Balaban J connectivity index is 2.64. The summed E-state index contributed by atoms with van der Waals surface area (Å²) in [6.45, 7) is 4.81. The number of aromatic nitrogens is 1. The molecule has 86 valence electrons. The predicted octanol–water partition coefficient (Wildman–Crippen LogP) is 3.24. The maximum absolute atomic E-state index is 9.49. The number of aliphatic hydroxyl groups excluding tert-OH is 1. The largest absolute Gasteiger partial charge is 0.393 e. The van der Waals surface area contributed by atoms with Crippen LogP contribution in [0.15, 0.2) is 24.4 Å². The van der Waals surface area contributed by atoms with E-state index in [9.17, 15) is 5.11 Å². The Hall–Kier alpha value is -0.990. The first-order valence-corrected chi connectivity index (χ1v) is 5.95. The minimum atomic E-state index is -0.341. The maximum atomic E-state index is 9.49. The van der Waals surface area contributed by atoms with Gasteiger partial charge in [0.05, 0.1) is 11.1 Å². The third-order valence-electron chi connectivity index (χ3n) is 2.79. The molecule has 0 bridgehead atoms. The lowest BCUT2D eigenvalue weighted by Gasteiger charge is -2.03. The number of benzene rings is 1. The molecule has 0 saturated heterocycles. The molecule has 0 saturated carbocycles. The Kier molecular flexibility index (Phi) is 3.22. The molecule has 0 amide bonds. The topological polar surface area (TPSA) is 25.2 Å². The molecule has 3 heteroatoms. The number of hydrogen-bond acceptors (Lipinski definition) is 1. The second-order valence-electron chi connectivity index (χ2n) is 4.13.